The van der Waals surface area contributed by atoms with Crippen molar-refractivity contribution in [2.24, 2.45) is 0 Å². The van der Waals surface area contributed by atoms with E-state index in [2.05, 4.69) is 27.7 Å². The van der Waals surface area contributed by atoms with Gasteiger partial charge >= 0.3 is 0 Å². The Morgan fingerprint density at radius 2 is 0.957 bits per heavy atom. The van der Waals surface area contributed by atoms with Crippen LogP contribution in [0.4, 0.5) is 0 Å². The Bertz CT molecular complexity index is 298. The summed E-state index contributed by atoms with van der Waals surface area (Å²) in [5, 5.41) is 18.2. The molecular formula is C16H37B2O5-. The lowest BCUT2D eigenvalue weighted by atomic mass is 9.81. The minimum Gasteiger partial charge on any atom is -0.387 e. The number of rotatable bonds is 1. The van der Waals surface area contributed by atoms with Crippen LogP contribution < -0.4 is 0 Å². The van der Waals surface area contributed by atoms with Gasteiger partial charge in [0.25, 0.3) is 0 Å². The largest absolute Gasteiger partial charge is 0.387 e. The van der Waals surface area contributed by atoms with Crippen molar-refractivity contribution in [1.82, 2.24) is 0 Å². The van der Waals surface area contributed by atoms with Gasteiger partial charge in [-0.3, -0.25) is 0 Å². The van der Waals surface area contributed by atoms with Gasteiger partial charge in [0.1, 0.15) is 6.79 Å². The van der Waals surface area contributed by atoms with Crippen LogP contribution in [0.1, 0.15) is 69.2 Å². The second kappa shape index (κ2) is 9.21. The summed E-state index contributed by atoms with van der Waals surface area (Å²) in [6, 6.07) is 0. The quantitative estimate of drug-likeness (QED) is 0.704. The van der Waals surface area contributed by atoms with Crippen LogP contribution >= 0.6 is 0 Å². The van der Waals surface area contributed by atoms with Gasteiger partial charge in [-0.1, -0.05) is 7.74 Å². The molecule has 0 saturated carbocycles. The average Bonchev–Trinajstić information content (AvgIpc) is 2.44. The first-order valence-electron chi connectivity index (χ1n) is 7.05. The lowest BCUT2D eigenvalue weighted by Gasteiger charge is -2.31. The molecule has 1 fully saturated rings. The third kappa shape index (κ3) is 9.50. The first-order valence-corrected chi connectivity index (χ1v) is 7.05. The van der Waals surface area contributed by atoms with E-state index in [1.807, 2.05) is 20.6 Å². The minimum absolute atomic E-state index is 0.198. The lowest BCUT2D eigenvalue weighted by Crippen LogP contribution is -2.44. The standard InChI is InChI=1S/C9H18O2.C6H14O2.CH2O.B2H3/c1-7(2)8(3,4)11-9(5,6)10-7;1-5(2,7)6(3,4)8;2*1-2/h1-6H3;7-8H,1-4H3;1H2;1H3/q;;;-1. The molecular weight excluding hydrogens is 294 g/mol. The molecule has 0 aliphatic carbocycles. The van der Waals surface area contributed by atoms with Crippen LogP contribution in [0.3, 0.4) is 0 Å². The fourth-order valence-corrected chi connectivity index (χ4v) is 1.50. The van der Waals surface area contributed by atoms with Crippen molar-refractivity contribution < 1.29 is 24.5 Å². The molecule has 1 rings (SSSR count). The van der Waals surface area contributed by atoms with E-state index in [0.717, 1.165) is 0 Å². The molecule has 1 heterocycles. The van der Waals surface area contributed by atoms with Gasteiger partial charge in [-0.2, -0.15) is 7.74 Å². The summed E-state index contributed by atoms with van der Waals surface area (Å²) in [5.74, 6) is -0.438. The molecule has 5 nitrogen and oxygen atoms in total. The number of hydrogen-bond donors (Lipinski definition) is 2. The molecule has 0 unspecified atom stereocenters. The normalized spacial score (nSPS) is 20.7. The Morgan fingerprint density at radius 1 is 0.783 bits per heavy atom. The number of carbonyl (C=O) groups excluding carboxylic acids is 1. The van der Waals surface area contributed by atoms with Crippen molar-refractivity contribution in [2.45, 2.75) is 97.4 Å². The lowest BCUT2D eigenvalue weighted by molar-refractivity contribution is -0.163. The molecule has 0 bridgehead atoms. The molecule has 1 aliphatic heterocycles. The van der Waals surface area contributed by atoms with Gasteiger partial charge in [0.2, 0.25) is 0 Å². The molecule has 2 radical (unpaired) electrons. The second-order valence-electron chi connectivity index (χ2n) is 7.74. The average molecular weight is 331 g/mol. The molecule has 23 heavy (non-hydrogen) atoms. The molecule has 138 valence electrons. The zero-order valence-electron chi connectivity index (χ0n) is 15.9. The molecule has 0 amide bonds. The van der Waals surface area contributed by atoms with Crippen molar-refractivity contribution >= 4 is 22.3 Å². The molecule has 2 N–H and O–H groups in total. The van der Waals surface area contributed by atoms with Crippen molar-refractivity contribution in [3.63, 3.8) is 0 Å². The van der Waals surface area contributed by atoms with Crippen LogP contribution in [0.5, 0.6) is 0 Å². The van der Waals surface area contributed by atoms with Gasteiger partial charge < -0.3 is 24.5 Å². The van der Waals surface area contributed by atoms with Gasteiger partial charge in [-0.25, -0.2) is 0 Å². The molecule has 0 aromatic rings. The number of ether oxygens (including phenoxy) is 2. The van der Waals surface area contributed by atoms with Crippen LogP contribution in [-0.2, 0) is 14.3 Å². The monoisotopic (exact) mass is 331 g/mol. The van der Waals surface area contributed by atoms with Crippen molar-refractivity contribution in [1.29, 1.82) is 0 Å². The van der Waals surface area contributed by atoms with Crippen molar-refractivity contribution in [3.8, 4) is 0 Å². The van der Waals surface area contributed by atoms with Crippen molar-refractivity contribution in [3.05, 3.63) is 0 Å². The molecule has 0 aromatic heterocycles. The summed E-state index contributed by atoms with van der Waals surface area (Å²) in [6.07, 6.45) is 0. The van der Waals surface area contributed by atoms with Crippen LogP contribution in [0.2, 0.25) is 0 Å². The summed E-state index contributed by atoms with van der Waals surface area (Å²) >= 11 is 0. The first kappa shape index (κ1) is 27.5. The smallest absolute Gasteiger partial charge is 0.164 e. The highest BCUT2D eigenvalue weighted by Crippen LogP contribution is 2.43. The highest BCUT2D eigenvalue weighted by molar-refractivity contribution is 6.75. The molecule has 0 spiro atoms. The zero-order chi connectivity index (χ0) is 19.9. The summed E-state index contributed by atoms with van der Waals surface area (Å²) in [4.78, 5) is 8.00. The van der Waals surface area contributed by atoms with E-state index >= 15 is 0 Å². The first-order chi connectivity index (χ1) is 9.91. The van der Waals surface area contributed by atoms with E-state index in [0.29, 0.717) is 0 Å². The van der Waals surface area contributed by atoms with E-state index in [9.17, 15) is 0 Å². The fourth-order valence-electron chi connectivity index (χ4n) is 1.50. The molecule has 1 aliphatic rings. The van der Waals surface area contributed by atoms with E-state index in [1.165, 1.54) is 0 Å². The highest BCUT2D eigenvalue weighted by atomic mass is 16.8. The maximum absolute atomic E-state index is 9.10. The Morgan fingerprint density at radius 3 is 1.00 bits per heavy atom. The Balaban J connectivity index is -0.000000296. The zero-order valence-corrected chi connectivity index (χ0v) is 15.9. The maximum Gasteiger partial charge on any atom is 0.164 e. The van der Waals surface area contributed by atoms with Crippen LogP contribution in [0.25, 0.3) is 0 Å². The van der Waals surface area contributed by atoms with Crippen LogP contribution in [-0.4, -0.2) is 60.7 Å². The third-order valence-corrected chi connectivity index (χ3v) is 3.95. The van der Waals surface area contributed by atoms with E-state index in [1.54, 1.807) is 27.7 Å². The molecule has 0 aromatic carbocycles. The van der Waals surface area contributed by atoms with E-state index in [-0.39, 0.29) is 18.9 Å². The van der Waals surface area contributed by atoms with Crippen molar-refractivity contribution in [2.75, 3.05) is 0 Å². The van der Waals surface area contributed by atoms with Gasteiger partial charge in [-0.05, 0) is 69.2 Å². The van der Waals surface area contributed by atoms with E-state index < -0.39 is 17.0 Å². The summed E-state index contributed by atoms with van der Waals surface area (Å²) < 4.78 is 11.5. The predicted molar refractivity (Wildman–Crippen MR) is 99.8 cm³/mol. The SMILES string of the molecule is C=O.CC(C)(O)C(C)(C)O.CC1(C)OC(C)(C)C(C)(C)O1.[B][BH3-]. The Kier molecular flexibility index (Phi) is 11.0. The Hall–Kier alpha value is -0.360. The summed E-state index contributed by atoms with van der Waals surface area (Å²) in [6.45, 7) is 20.4. The summed E-state index contributed by atoms with van der Waals surface area (Å²) in [7, 11) is 5.00. The maximum atomic E-state index is 9.10. The summed E-state index contributed by atoms with van der Waals surface area (Å²) in [5.41, 5.74) is -2.41. The number of carbonyl (C=O) groups is 1. The number of hydrogen-bond acceptors (Lipinski definition) is 5. The third-order valence-electron chi connectivity index (χ3n) is 3.95. The van der Waals surface area contributed by atoms with E-state index in [4.69, 9.17) is 32.2 Å². The van der Waals surface area contributed by atoms with Crippen LogP contribution in [0.15, 0.2) is 0 Å². The molecule has 0 atom stereocenters. The van der Waals surface area contributed by atoms with Crippen LogP contribution in [0, 0.1) is 0 Å². The topological polar surface area (TPSA) is 76.0 Å². The highest BCUT2D eigenvalue weighted by Gasteiger charge is 2.52. The van der Waals surface area contributed by atoms with Gasteiger partial charge in [-0.15, -0.1) is 0 Å². The predicted octanol–water partition coefficient (Wildman–Crippen LogP) is 1.11. The molecule has 1 saturated heterocycles. The second-order valence-corrected chi connectivity index (χ2v) is 7.74. The van der Waals surface area contributed by atoms with Gasteiger partial charge in [0, 0.05) is 0 Å². The van der Waals surface area contributed by atoms with Gasteiger partial charge in [0.05, 0.1) is 22.4 Å². The Labute approximate surface area is 144 Å². The number of aliphatic hydroxyl groups is 2. The minimum atomic E-state index is -1.01. The molecule has 7 heteroatoms. The fraction of sp³-hybridized carbons (Fsp3) is 0.938. The van der Waals surface area contributed by atoms with Gasteiger partial charge in [0.15, 0.2) is 5.79 Å².